The summed E-state index contributed by atoms with van der Waals surface area (Å²) in [5, 5.41) is 0. The van der Waals surface area contributed by atoms with Gasteiger partial charge in [-0.05, 0) is 31.1 Å². The first-order chi connectivity index (χ1) is 7.74. The molecule has 0 aromatic heterocycles. The fourth-order valence-electron chi connectivity index (χ4n) is 2.28. The van der Waals surface area contributed by atoms with E-state index in [0.29, 0.717) is 6.04 Å². The number of nitrogens with zero attached hydrogens (tertiary/aromatic N) is 1. The van der Waals surface area contributed by atoms with Crippen molar-refractivity contribution in [2.75, 3.05) is 13.1 Å². The van der Waals surface area contributed by atoms with E-state index < -0.39 is 0 Å². The monoisotopic (exact) mass is 242 g/mol. The molecule has 0 saturated heterocycles. The van der Waals surface area contributed by atoms with Crippen molar-refractivity contribution in [3.05, 3.63) is 0 Å². The summed E-state index contributed by atoms with van der Waals surface area (Å²) in [5.41, 5.74) is 6.30. The van der Waals surface area contributed by atoms with Crippen LogP contribution in [0.15, 0.2) is 0 Å². The van der Waals surface area contributed by atoms with Crippen LogP contribution in [0.25, 0.3) is 0 Å². The van der Waals surface area contributed by atoms with Crippen molar-refractivity contribution in [3.63, 3.8) is 0 Å². The topological polar surface area (TPSA) is 29.3 Å². The smallest absolute Gasteiger partial charge is 0.00903 e. The van der Waals surface area contributed by atoms with Gasteiger partial charge in [0.2, 0.25) is 0 Å². The summed E-state index contributed by atoms with van der Waals surface area (Å²) in [6.07, 6.45) is 2.47. The van der Waals surface area contributed by atoms with Crippen LogP contribution >= 0.6 is 0 Å². The first-order valence-corrected chi connectivity index (χ1v) is 7.24. The molecule has 0 radical (unpaired) electrons. The summed E-state index contributed by atoms with van der Waals surface area (Å²) >= 11 is 0. The van der Waals surface area contributed by atoms with Gasteiger partial charge in [-0.25, -0.2) is 0 Å². The van der Waals surface area contributed by atoms with Crippen molar-refractivity contribution >= 4 is 0 Å². The van der Waals surface area contributed by atoms with Crippen LogP contribution in [0.1, 0.15) is 61.3 Å². The Balaban J connectivity index is 4.69. The van der Waals surface area contributed by atoms with Crippen molar-refractivity contribution in [1.29, 1.82) is 0 Å². The molecule has 0 heterocycles. The lowest BCUT2D eigenvalue weighted by molar-refractivity contribution is 0.0970. The Hall–Kier alpha value is -0.0800. The predicted molar refractivity (Wildman–Crippen MR) is 78.2 cm³/mol. The number of hydrogen-bond acceptors (Lipinski definition) is 2. The summed E-state index contributed by atoms with van der Waals surface area (Å²) < 4.78 is 0. The first kappa shape index (κ1) is 16.9. The molecule has 0 rings (SSSR count). The largest absolute Gasteiger partial charge is 0.327 e. The van der Waals surface area contributed by atoms with E-state index in [1.807, 2.05) is 0 Å². The Labute approximate surface area is 109 Å². The van der Waals surface area contributed by atoms with Gasteiger partial charge in [-0.15, -0.1) is 0 Å². The van der Waals surface area contributed by atoms with Crippen LogP contribution in [-0.2, 0) is 0 Å². The average Bonchev–Trinajstić information content (AvgIpc) is 2.17. The Bertz CT molecular complexity index is 193. The molecule has 1 unspecified atom stereocenters. The van der Waals surface area contributed by atoms with Gasteiger partial charge in [0, 0.05) is 25.2 Å². The highest BCUT2D eigenvalue weighted by molar-refractivity contribution is 4.84. The Morgan fingerprint density at radius 3 is 1.82 bits per heavy atom. The quantitative estimate of drug-likeness (QED) is 0.706. The average molecular weight is 242 g/mol. The van der Waals surface area contributed by atoms with Crippen molar-refractivity contribution in [2.45, 2.75) is 73.4 Å². The molecule has 0 amide bonds. The predicted octanol–water partition coefficient (Wildman–Crippen LogP) is 3.51. The van der Waals surface area contributed by atoms with E-state index in [4.69, 9.17) is 5.73 Å². The summed E-state index contributed by atoms with van der Waals surface area (Å²) in [5.74, 6) is 0.722. The SMILES string of the molecule is CCC(CC)N(CC(C)C)CC(C)(C)C(C)N. The molecule has 0 aromatic rings. The normalized spacial score (nSPS) is 15.0. The van der Waals surface area contributed by atoms with Crippen LogP contribution in [0.3, 0.4) is 0 Å². The first-order valence-electron chi connectivity index (χ1n) is 7.24. The highest BCUT2D eigenvalue weighted by Gasteiger charge is 2.28. The van der Waals surface area contributed by atoms with E-state index in [1.54, 1.807) is 0 Å². The van der Waals surface area contributed by atoms with E-state index in [-0.39, 0.29) is 11.5 Å². The van der Waals surface area contributed by atoms with Crippen LogP contribution < -0.4 is 5.73 Å². The van der Waals surface area contributed by atoms with Gasteiger partial charge in [-0.3, -0.25) is 4.90 Å². The van der Waals surface area contributed by atoms with Crippen LogP contribution in [0.2, 0.25) is 0 Å². The minimum atomic E-state index is 0.192. The van der Waals surface area contributed by atoms with Gasteiger partial charge in [0.25, 0.3) is 0 Å². The molecule has 2 nitrogen and oxygen atoms in total. The fraction of sp³-hybridized carbons (Fsp3) is 1.00. The molecular weight excluding hydrogens is 208 g/mol. The van der Waals surface area contributed by atoms with Crippen molar-refractivity contribution in [2.24, 2.45) is 17.1 Å². The van der Waals surface area contributed by atoms with Gasteiger partial charge in [0.15, 0.2) is 0 Å². The third-order valence-corrected chi connectivity index (χ3v) is 3.90. The number of rotatable bonds is 8. The maximum atomic E-state index is 6.11. The molecule has 0 bridgehead atoms. The minimum absolute atomic E-state index is 0.192. The van der Waals surface area contributed by atoms with E-state index in [0.717, 1.165) is 12.5 Å². The second-order valence-electron chi connectivity index (χ2n) is 6.57. The molecule has 0 fully saturated rings. The highest BCUT2D eigenvalue weighted by atomic mass is 15.2. The Morgan fingerprint density at radius 1 is 1.06 bits per heavy atom. The maximum Gasteiger partial charge on any atom is 0.00903 e. The van der Waals surface area contributed by atoms with Gasteiger partial charge < -0.3 is 5.73 Å². The molecular formula is C15H34N2. The fourth-order valence-corrected chi connectivity index (χ4v) is 2.28. The van der Waals surface area contributed by atoms with Gasteiger partial charge in [0.1, 0.15) is 0 Å². The minimum Gasteiger partial charge on any atom is -0.327 e. The van der Waals surface area contributed by atoms with Gasteiger partial charge >= 0.3 is 0 Å². The Kier molecular flexibility index (Phi) is 7.34. The lowest BCUT2D eigenvalue weighted by atomic mass is 9.84. The standard InChI is InChI=1S/C15H34N2/c1-8-14(9-2)17(10-12(3)4)11-15(6,7)13(5)16/h12-14H,8-11,16H2,1-7H3. The lowest BCUT2D eigenvalue weighted by Gasteiger charge is -2.40. The van der Waals surface area contributed by atoms with Crippen molar-refractivity contribution in [1.82, 2.24) is 4.90 Å². The molecule has 0 aliphatic rings. The number of hydrogen-bond donors (Lipinski definition) is 1. The zero-order valence-corrected chi connectivity index (χ0v) is 13.1. The van der Waals surface area contributed by atoms with Crippen molar-refractivity contribution in [3.8, 4) is 0 Å². The van der Waals surface area contributed by atoms with Crippen LogP contribution in [0, 0.1) is 11.3 Å². The second-order valence-corrected chi connectivity index (χ2v) is 6.57. The van der Waals surface area contributed by atoms with Gasteiger partial charge in [-0.2, -0.15) is 0 Å². The highest BCUT2D eigenvalue weighted by Crippen LogP contribution is 2.24. The van der Waals surface area contributed by atoms with E-state index in [9.17, 15) is 0 Å². The molecule has 0 aliphatic carbocycles. The molecule has 0 aliphatic heterocycles. The van der Waals surface area contributed by atoms with Gasteiger partial charge in [-0.1, -0.05) is 41.5 Å². The third-order valence-electron chi connectivity index (χ3n) is 3.90. The molecule has 0 saturated carbocycles. The summed E-state index contributed by atoms with van der Waals surface area (Å²) in [6, 6.07) is 0.946. The Morgan fingerprint density at radius 2 is 1.53 bits per heavy atom. The summed E-state index contributed by atoms with van der Waals surface area (Å²) in [4.78, 5) is 2.65. The molecule has 104 valence electrons. The van der Waals surface area contributed by atoms with E-state index in [2.05, 4.69) is 53.4 Å². The lowest BCUT2D eigenvalue weighted by Crippen LogP contribution is -2.48. The van der Waals surface area contributed by atoms with E-state index >= 15 is 0 Å². The van der Waals surface area contributed by atoms with Crippen LogP contribution in [0.5, 0.6) is 0 Å². The molecule has 2 N–H and O–H groups in total. The van der Waals surface area contributed by atoms with Gasteiger partial charge in [0.05, 0.1) is 0 Å². The van der Waals surface area contributed by atoms with E-state index in [1.165, 1.54) is 19.4 Å². The molecule has 0 spiro atoms. The zero-order chi connectivity index (χ0) is 13.6. The van der Waals surface area contributed by atoms with Crippen LogP contribution in [0.4, 0.5) is 0 Å². The molecule has 0 aromatic carbocycles. The van der Waals surface area contributed by atoms with Crippen LogP contribution in [-0.4, -0.2) is 30.1 Å². The number of nitrogens with two attached hydrogens (primary N) is 1. The zero-order valence-electron chi connectivity index (χ0n) is 13.1. The summed E-state index contributed by atoms with van der Waals surface area (Å²) in [7, 11) is 0. The second kappa shape index (κ2) is 7.38. The third kappa shape index (κ3) is 5.87. The molecule has 1 atom stereocenters. The summed E-state index contributed by atoms with van der Waals surface area (Å²) in [6.45, 7) is 18.2. The van der Waals surface area contributed by atoms with Crippen molar-refractivity contribution < 1.29 is 0 Å². The molecule has 17 heavy (non-hydrogen) atoms. The molecule has 2 heteroatoms. The maximum absolute atomic E-state index is 6.11.